The van der Waals surface area contributed by atoms with Crippen LogP contribution >= 0.6 is 0 Å². The lowest BCUT2D eigenvalue weighted by Gasteiger charge is -2.42. The Morgan fingerprint density at radius 3 is 2.59 bits per heavy atom. The number of hydrogen-bond donors (Lipinski definition) is 0. The van der Waals surface area contributed by atoms with E-state index in [4.69, 9.17) is 9.15 Å². The summed E-state index contributed by atoms with van der Waals surface area (Å²) in [5, 5.41) is 10.7. The molecular weight excluding hydrogens is 340 g/mol. The van der Waals surface area contributed by atoms with Crippen LogP contribution < -0.4 is 9.84 Å². The second kappa shape index (κ2) is 6.81. The third-order valence-corrected chi connectivity index (χ3v) is 4.87. The Hall–Kier alpha value is -2.67. The van der Waals surface area contributed by atoms with Crippen LogP contribution in [0.15, 0.2) is 28.7 Å². The summed E-state index contributed by atoms with van der Waals surface area (Å²) in [6.07, 6.45) is 1.52. The average Bonchev–Trinajstić information content (AvgIpc) is 2.97. The van der Waals surface area contributed by atoms with Gasteiger partial charge in [0.15, 0.2) is 5.76 Å². The minimum absolute atomic E-state index is 0.00781. The van der Waals surface area contributed by atoms with Gasteiger partial charge in [-0.05, 0) is 67.9 Å². The van der Waals surface area contributed by atoms with E-state index in [0.29, 0.717) is 11.5 Å². The van der Waals surface area contributed by atoms with Gasteiger partial charge in [0.25, 0.3) is 0 Å². The van der Waals surface area contributed by atoms with Crippen LogP contribution in [0.1, 0.15) is 69.3 Å². The van der Waals surface area contributed by atoms with Crippen LogP contribution in [-0.2, 0) is 23.1 Å². The predicted octanol–water partition coefficient (Wildman–Crippen LogP) is 3.37. The van der Waals surface area contributed by atoms with Gasteiger partial charge in [0.1, 0.15) is 17.1 Å². The highest BCUT2D eigenvalue weighted by molar-refractivity contribution is 5.67. The number of carboxylic acid groups (broad SMARTS) is 1. The fraction of sp³-hybridized carbons (Fsp3) is 0.435. The van der Waals surface area contributed by atoms with Gasteiger partial charge in [-0.2, -0.15) is 0 Å². The van der Waals surface area contributed by atoms with Crippen molar-refractivity contribution < 1.29 is 19.1 Å². The summed E-state index contributed by atoms with van der Waals surface area (Å²) in [6.45, 7) is 10.8. The van der Waals surface area contributed by atoms with Crippen molar-refractivity contribution in [2.75, 3.05) is 0 Å². The van der Waals surface area contributed by atoms with Gasteiger partial charge in [-0.1, -0.05) is 26.7 Å². The number of ether oxygens (including phenoxy) is 1. The normalized spacial score (nSPS) is 16.6. The van der Waals surface area contributed by atoms with Crippen molar-refractivity contribution >= 4 is 5.97 Å². The van der Waals surface area contributed by atoms with E-state index in [1.165, 1.54) is 5.56 Å². The summed E-state index contributed by atoms with van der Waals surface area (Å²) in [6, 6.07) is 7.53. The molecule has 0 bridgehead atoms. The van der Waals surface area contributed by atoms with E-state index in [9.17, 15) is 9.90 Å². The van der Waals surface area contributed by atoms with Gasteiger partial charge in [-0.25, -0.2) is 0 Å². The van der Waals surface area contributed by atoms with Crippen molar-refractivity contribution in [2.24, 2.45) is 0 Å². The summed E-state index contributed by atoms with van der Waals surface area (Å²) in [7, 11) is 0. The number of aliphatic carboxylic acids is 1. The summed E-state index contributed by atoms with van der Waals surface area (Å²) in [5.74, 6) is 6.76. The maximum absolute atomic E-state index is 10.7. The predicted molar refractivity (Wildman–Crippen MR) is 102 cm³/mol. The molecule has 27 heavy (non-hydrogen) atoms. The highest BCUT2D eigenvalue weighted by Crippen LogP contribution is 2.45. The maximum Gasteiger partial charge on any atom is 0.177 e. The smallest absolute Gasteiger partial charge is 0.177 e. The molecule has 3 rings (SSSR count). The quantitative estimate of drug-likeness (QED) is 0.783. The summed E-state index contributed by atoms with van der Waals surface area (Å²) >= 11 is 0. The van der Waals surface area contributed by atoms with Crippen molar-refractivity contribution in [1.29, 1.82) is 0 Å². The zero-order chi connectivity index (χ0) is 19.8. The Balaban J connectivity index is 1.98. The van der Waals surface area contributed by atoms with Crippen molar-refractivity contribution in [1.82, 2.24) is 0 Å². The van der Waals surface area contributed by atoms with E-state index in [2.05, 4.69) is 58.6 Å². The van der Waals surface area contributed by atoms with Crippen LogP contribution in [0.4, 0.5) is 0 Å². The monoisotopic (exact) mass is 365 g/mol. The zero-order valence-electron chi connectivity index (χ0n) is 16.6. The molecule has 0 amide bonds. The highest BCUT2D eigenvalue weighted by Gasteiger charge is 2.39. The van der Waals surface area contributed by atoms with E-state index in [0.717, 1.165) is 29.7 Å². The first-order valence-corrected chi connectivity index (χ1v) is 9.27. The van der Waals surface area contributed by atoms with E-state index in [-0.39, 0.29) is 17.4 Å². The van der Waals surface area contributed by atoms with Gasteiger partial charge in [-0.3, -0.25) is 0 Å². The Labute approximate surface area is 160 Å². The summed E-state index contributed by atoms with van der Waals surface area (Å²) < 4.78 is 11.7. The number of carbonyl (C=O) groups excluding carboxylic acids is 1. The van der Waals surface area contributed by atoms with Gasteiger partial charge < -0.3 is 19.1 Å². The molecule has 0 atom stereocenters. The number of aryl methyl sites for hydroxylation is 1. The molecular formula is C23H25O4-. The number of carboxylic acids is 1. The van der Waals surface area contributed by atoms with Crippen LogP contribution in [0, 0.1) is 11.8 Å². The highest BCUT2D eigenvalue weighted by atomic mass is 16.5. The van der Waals surface area contributed by atoms with Crippen LogP contribution in [0.2, 0.25) is 0 Å². The van der Waals surface area contributed by atoms with Crippen molar-refractivity contribution in [3.05, 3.63) is 52.5 Å². The molecule has 1 aromatic carbocycles. The van der Waals surface area contributed by atoms with Crippen molar-refractivity contribution in [2.45, 2.75) is 64.9 Å². The second-order valence-corrected chi connectivity index (χ2v) is 8.35. The minimum Gasteiger partial charge on any atom is -0.550 e. The van der Waals surface area contributed by atoms with Gasteiger partial charge >= 0.3 is 0 Å². The molecule has 1 aliphatic heterocycles. The molecule has 0 N–H and O–H groups in total. The largest absolute Gasteiger partial charge is 0.550 e. The first-order chi connectivity index (χ1) is 12.6. The molecule has 0 radical (unpaired) electrons. The van der Waals surface area contributed by atoms with Gasteiger partial charge in [0, 0.05) is 23.5 Å². The number of carbonyl (C=O) groups is 1. The standard InChI is InChI=1S/C23H26O4/c1-6-15-12-20-19(22(2,3)14-23(4,5)27-20)11-16(15)7-8-17-9-10-18(26-17)13-21(24)25/h9-12H,6,13-14H2,1-5H3,(H,24,25)/p-1. The summed E-state index contributed by atoms with van der Waals surface area (Å²) in [4.78, 5) is 10.7. The molecule has 1 aliphatic rings. The lowest BCUT2D eigenvalue weighted by molar-refractivity contribution is -0.305. The number of benzene rings is 1. The maximum atomic E-state index is 10.7. The number of fused-ring (bicyclic) bond motifs is 1. The number of rotatable bonds is 3. The molecule has 0 aliphatic carbocycles. The fourth-order valence-corrected chi connectivity index (χ4v) is 3.95. The molecule has 4 nitrogen and oxygen atoms in total. The Bertz CT molecular complexity index is 935. The van der Waals surface area contributed by atoms with Crippen LogP contribution in [-0.4, -0.2) is 11.6 Å². The molecule has 2 aromatic rings. The topological polar surface area (TPSA) is 62.5 Å². The third kappa shape index (κ3) is 4.19. The molecule has 0 spiro atoms. The molecule has 4 heteroatoms. The van der Waals surface area contributed by atoms with E-state index in [1.807, 2.05) is 0 Å². The first kappa shape index (κ1) is 19.1. The van der Waals surface area contributed by atoms with Gasteiger partial charge in [0.2, 0.25) is 0 Å². The number of hydrogen-bond acceptors (Lipinski definition) is 4. The zero-order valence-corrected chi connectivity index (χ0v) is 16.6. The molecule has 1 aromatic heterocycles. The third-order valence-electron chi connectivity index (χ3n) is 4.87. The molecule has 0 saturated heterocycles. The van der Waals surface area contributed by atoms with Crippen molar-refractivity contribution in [3.8, 4) is 17.6 Å². The molecule has 142 valence electrons. The molecule has 0 fully saturated rings. The van der Waals surface area contributed by atoms with E-state index in [1.54, 1.807) is 12.1 Å². The Morgan fingerprint density at radius 2 is 1.93 bits per heavy atom. The SMILES string of the molecule is CCc1cc2c(cc1C#Cc1ccc(CC(=O)[O-])o1)C(C)(C)CC(C)(C)O2. The van der Waals surface area contributed by atoms with E-state index < -0.39 is 5.97 Å². The Kier molecular flexibility index (Phi) is 4.82. The average molecular weight is 365 g/mol. The second-order valence-electron chi connectivity index (χ2n) is 8.35. The lowest BCUT2D eigenvalue weighted by atomic mass is 9.73. The Morgan fingerprint density at radius 1 is 1.19 bits per heavy atom. The molecule has 0 unspecified atom stereocenters. The van der Waals surface area contributed by atoms with Crippen LogP contribution in [0.3, 0.4) is 0 Å². The molecule has 0 saturated carbocycles. The molecule has 2 heterocycles. The fourth-order valence-electron chi connectivity index (χ4n) is 3.95. The first-order valence-electron chi connectivity index (χ1n) is 9.27. The van der Waals surface area contributed by atoms with Gasteiger partial charge in [-0.15, -0.1) is 0 Å². The minimum atomic E-state index is -1.17. The van der Waals surface area contributed by atoms with E-state index >= 15 is 0 Å². The van der Waals surface area contributed by atoms with Crippen LogP contribution in [0.5, 0.6) is 5.75 Å². The number of furan rings is 1. The van der Waals surface area contributed by atoms with Crippen LogP contribution in [0.25, 0.3) is 0 Å². The van der Waals surface area contributed by atoms with Crippen molar-refractivity contribution in [3.63, 3.8) is 0 Å². The lowest BCUT2D eigenvalue weighted by Crippen LogP contribution is -2.41. The summed E-state index contributed by atoms with van der Waals surface area (Å²) in [5.41, 5.74) is 3.03. The van der Waals surface area contributed by atoms with Gasteiger partial charge in [0.05, 0.1) is 0 Å².